The van der Waals surface area contributed by atoms with Crippen molar-refractivity contribution >= 4 is 17.7 Å². The maximum Gasteiger partial charge on any atom is 0.227 e. The molecule has 26 heavy (non-hydrogen) atoms. The first kappa shape index (κ1) is 16.9. The molecule has 3 aromatic rings. The summed E-state index contributed by atoms with van der Waals surface area (Å²) >= 11 is 1.81. The lowest BCUT2D eigenvalue weighted by Crippen LogP contribution is -2.40. The monoisotopic (exact) mass is 359 g/mol. The van der Waals surface area contributed by atoms with Crippen LogP contribution in [0.5, 0.6) is 0 Å². The van der Waals surface area contributed by atoms with Crippen molar-refractivity contribution in [2.24, 2.45) is 0 Å². The molecule has 4 rings (SSSR count). The van der Waals surface area contributed by atoms with Gasteiger partial charge in [-0.15, -0.1) is 11.8 Å². The fourth-order valence-electron chi connectivity index (χ4n) is 3.48. The van der Waals surface area contributed by atoms with Gasteiger partial charge in [0.2, 0.25) is 5.91 Å². The molecule has 3 heteroatoms. The molecule has 0 N–H and O–H groups in total. The summed E-state index contributed by atoms with van der Waals surface area (Å²) in [6, 6.07) is 29.1. The van der Waals surface area contributed by atoms with Crippen LogP contribution in [-0.4, -0.2) is 16.6 Å². The molecule has 1 amide bonds. The number of hydrogen-bond acceptors (Lipinski definition) is 2. The molecule has 0 aliphatic carbocycles. The fraction of sp³-hybridized carbons (Fsp3) is 0.174. The number of thioether (sulfide) groups is 1. The molecule has 1 unspecified atom stereocenters. The van der Waals surface area contributed by atoms with Crippen molar-refractivity contribution in [1.82, 2.24) is 4.90 Å². The summed E-state index contributed by atoms with van der Waals surface area (Å²) < 4.78 is 0. The quantitative estimate of drug-likeness (QED) is 0.590. The molecule has 1 atom stereocenters. The number of nitrogens with zero attached hydrogens (tertiary/aromatic N) is 1. The third-order valence-electron chi connectivity index (χ3n) is 4.80. The molecule has 0 spiro atoms. The number of amides is 1. The first-order chi connectivity index (χ1) is 12.8. The topological polar surface area (TPSA) is 20.3 Å². The van der Waals surface area contributed by atoms with Crippen LogP contribution in [-0.2, 0) is 17.8 Å². The third-order valence-corrected chi connectivity index (χ3v) is 5.89. The van der Waals surface area contributed by atoms with Gasteiger partial charge in [-0.2, -0.15) is 0 Å². The maximum absolute atomic E-state index is 12.9. The molecule has 0 fully saturated rings. The first-order valence-electron chi connectivity index (χ1n) is 8.90. The van der Waals surface area contributed by atoms with Crippen molar-refractivity contribution in [3.05, 3.63) is 102 Å². The zero-order valence-corrected chi connectivity index (χ0v) is 15.4. The smallest absolute Gasteiger partial charge is 0.227 e. The van der Waals surface area contributed by atoms with Crippen LogP contribution in [0.2, 0.25) is 0 Å². The van der Waals surface area contributed by atoms with Gasteiger partial charge < -0.3 is 4.90 Å². The lowest BCUT2D eigenvalue weighted by atomic mass is 9.92. The van der Waals surface area contributed by atoms with E-state index in [9.17, 15) is 4.79 Å². The lowest BCUT2D eigenvalue weighted by Gasteiger charge is -2.37. The number of carbonyl (C=O) groups excluding carboxylic acids is 1. The maximum atomic E-state index is 12.9. The van der Waals surface area contributed by atoms with Gasteiger partial charge in [0.05, 0.1) is 12.5 Å². The molecule has 1 aliphatic heterocycles. The van der Waals surface area contributed by atoms with E-state index in [1.807, 2.05) is 47.0 Å². The Kier molecular flexibility index (Phi) is 5.07. The summed E-state index contributed by atoms with van der Waals surface area (Å²) in [4.78, 5) is 16.2. The van der Waals surface area contributed by atoms with Gasteiger partial charge in [-0.05, 0) is 28.8 Å². The van der Waals surface area contributed by atoms with Crippen molar-refractivity contribution in [2.75, 3.05) is 5.75 Å². The SMILES string of the molecule is O=C1Cc2ccccc2C(CSc2ccccc2)N1Cc1ccccc1. The zero-order chi connectivity index (χ0) is 17.8. The molecule has 2 nitrogen and oxygen atoms in total. The number of fused-ring (bicyclic) bond motifs is 1. The minimum atomic E-state index is 0.0952. The third kappa shape index (κ3) is 3.68. The van der Waals surface area contributed by atoms with Gasteiger partial charge in [0, 0.05) is 17.2 Å². The van der Waals surface area contributed by atoms with Gasteiger partial charge in [-0.25, -0.2) is 0 Å². The molecule has 0 saturated carbocycles. The predicted octanol–water partition coefficient (Wildman–Crippen LogP) is 5.10. The van der Waals surface area contributed by atoms with Crippen molar-refractivity contribution in [1.29, 1.82) is 0 Å². The normalized spacial score (nSPS) is 16.4. The van der Waals surface area contributed by atoms with E-state index in [-0.39, 0.29) is 11.9 Å². The summed E-state index contributed by atoms with van der Waals surface area (Å²) in [5, 5.41) is 0. The van der Waals surface area contributed by atoms with Crippen LogP contribution in [0.3, 0.4) is 0 Å². The van der Waals surface area contributed by atoms with E-state index in [1.165, 1.54) is 21.6 Å². The zero-order valence-electron chi connectivity index (χ0n) is 14.5. The van der Waals surface area contributed by atoms with Gasteiger partial charge in [-0.1, -0.05) is 72.8 Å². The molecule has 1 aliphatic rings. The Bertz CT molecular complexity index is 879. The highest BCUT2D eigenvalue weighted by molar-refractivity contribution is 7.99. The van der Waals surface area contributed by atoms with Gasteiger partial charge in [0.15, 0.2) is 0 Å². The second kappa shape index (κ2) is 7.79. The number of carbonyl (C=O) groups is 1. The fourth-order valence-corrected chi connectivity index (χ4v) is 4.54. The Morgan fingerprint density at radius 1 is 0.846 bits per heavy atom. The van der Waals surface area contributed by atoms with Crippen molar-refractivity contribution in [3.8, 4) is 0 Å². The van der Waals surface area contributed by atoms with Crippen molar-refractivity contribution in [2.45, 2.75) is 23.9 Å². The molecule has 0 saturated heterocycles. The van der Waals surface area contributed by atoms with Crippen LogP contribution in [0.15, 0.2) is 89.8 Å². The van der Waals surface area contributed by atoms with E-state index >= 15 is 0 Å². The summed E-state index contributed by atoms with van der Waals surface area (Å²) in [5.74, 6) is 1.07. The largest absolute Gasteiger partial charge is 0.330 e. The Hall–Kier alpha value is -2.52. The van der Waals surface area contributed by atoms with Crippen LogP contribution in [0.1, 0.15) is 22.7 Å². The van der Waals surface area contributed by atoms with Gasteiger partial charge >= 0.3 is 0 Å². The molecule has 1 heterocycles. The Labute approximate surface area is 158 Å². The molecule has 3 aromatic carbocycles. The van der Waals surface area contributed by atoms with E-state index in [1.54, 1.807) is 0 Å². The van der Waals surface area contributed by atoms with E-state index in [0.29, 0.717) is 13.0 Å². The molecule has 0 bridgehead atoms. The van der Waals surface area contributed by atoms with Crippen LogP contribution < -0.4 is 0 Å². The summed E-state index contributed by atoms with van der Waals surface area (Å²) in [7, 11) is 0. The predicted molar refractivity (Wildman–Crippen MR) is 107 cm³/mol. The number of rotatable bonds is 5. The molecule has 0 radical (unpaired) electrons. The first-order valence-corrected chi connectivity index (χ1v) is 9.89. The highest BCUT2D eigenvalue weighted by atomic mass is 32.2. The van der Waals surface area contributed by atoms with E-state index in [4.69, 9.17) is 0 Å². The Balaban J connectivity index is 1.63. The molecule has 0 aromatic heterocycles. The standard InChI is InChI=1S/C23H21NOS/c25-23-15-19-11-7-8-14-21(19)22(17-26-20-12-5-2-6-13-20)24(23)16-18-9-3-1-4-10-18/h1-14,22H,15-17H2. The van der Waals surface area contributed by atoms with Crippen LogP contribution in [0.25, 0.3) is 0 Å². The van der Waals surface area contributed by atoms with E-state index in [2.05, 4.69) is 54.6 Å². The molecular weight excluding hydrogens is 338 g/mol. The minimum Gasteiger partial charge on any atom is -0.330 e. The Morgan fingerprint density at radius 3 is 2.27 bits per heavy atom. The summed E-state index contributed by atoms with van der Waals surface area (Å²) in [5.41, 5.74) is 3.63. The number of hydrogen-bond donors (Lipinski definition) is 0. The lowest BCUT2D eigenvalue weighted by molar-refractivity contribution is -0.134. The second-order valence-electron chi connectivity index (χ2n) is 6.52. The van der Waals surface area contributed by atoms with Crippen LogP contribution in [0, 0.1) is 0 Å². The van der Waals surface area contributed by atoms with E-state index in [0.717, 1.165) is 5.75 Å². The highest BCUT2D eigenvalue weighted by Crippen LogP contribution is 2.35. The van der Waals surface area contributed by atoms with Crippen LogP contribution in [0.4, 0.5) is 0 Å². The molecule has 130 valence electrons. The highest BCUT2D eigenvalue weighted by Gasteiger charge is 2.32. The average Bonchev–Trinajstić information content (AvgIpc) is 2.69. The second-order valence-corrected chi connectivity index (χ2v) is 7.62. The average molecular weight is 359 g/mol. The minimum absolute atomic E-state index is 0.0952. The summed E-state index contributed by atoms with van der Waals surface area (Å²) in [6.45, 7) is 0.661. The van der Waals surface area contributed by atoms with Crippen molar-refractivity contribution < 1.29 is 4.79 Å². The van der Waals surface area contributed by atoms with Crippen LogP contribution >= 0.6 is 11.8 Å². The van der Waals surface area contributed by atoms with Crippen molar-refractivity contribution in [3.63, 3.8) is 0 Å². The Morgan fingerprint density at radius 2 is 1.50 bits per heavy atom. The van der Waals surface area contributed by atoms with Gasteiger partial charge in [0.25, 0.3) is 0 Å². The van der Waals surface area contributed by atoms with Gasteiger partial charge in [-0.3, -0.25) is 4.79 Å². The number of benzene rings is 3. The van der Waals surface area contributed by atoms with Gasteiger partial charge in [0.1, 0.15) is 0 Å². The molecular formula is C23H21NOS. The summed E-state index contributed by atoms with van der Waals surface area (Å²) in [6.07, 6.45) is 0.496. The van der Waals surface area contributed by atoms with E-state index < -0.39 is 0 Å².